The van der Waals surface area contributed by atoms with Crippen LogP contribution in [0.2, 0.25) is 5.02 Å². The minimum atomic E-state index is -4.85. The van der Waals surface area contributed by atoms with E-state index in [2.05, 4.69) is 26.1 Å². The monoisotopic (exact) mass is 519 g/mol. The van der Waals surface area contributed by atoms with Crippen molar-refractivity contribution in [2.24, 2.45) is 5.41 Å². The molecular weight excluding hydrogens is 481 g/mol. The third-order valence-electron chi connectivity index (χ3n) is 6.52. The van der Waals surface area contributed by atoms with Gasteiger partial charge in [-0.2, -0.15) is 0 Å². The normalized spacial score (nSPS) is 19.1. The molecule has 2 atom stereocenters. The summed E-state index contributed by atoms with van der Waals surface area (Å²) in [5, 5.41) is 4.04. The molecule has 2 unspecified atom stereocenters. The van der Waals surface area contributed by atoms with Crippen molar-refractivity contribution in [1.29, 1.82) is 0 Å². The third-order valence-corrected chi connectivity index (χ3v) is 7.41. The predicted octanol–water partition coefficient (Wildman–Crippen LogP) is 4.98. The Balaban J connectivity index is 2.39. The van der Waals surface area contributed by atoms with Crippen LogP contribution in [0.4, 0.5) is 0 Å². The molecule has 8 nitrogen and oxygen atoms in total. The Morgan fingerprint density at radius 3 is 2.38 bits per heavy atom. The van der Waals surface area contributed by atoms with Gasteiger partial charge in [0.2, 0.25) is 0 Å². The lowest BCUT2D eigenvalue weighted by atomic mass is 9.76. The highest BCUT2D eigenvalue weighted by molar-refractivity contribution is 7.46. The highest BCUT2D eigenvalue weighted by atomic mass is 35.5. The second kappa shape index (κ2) is 11.8. The zero-order valence-electron chi connectivity index (χ0n) is 21.0. The summed E-state index contributed by atoms with van der Waals surface area (Å²) >= 11 is 6.54. The lowest BCUT2D eigenvalue weighted by molar-refractivity contribution is -0.137. The molecule has 34 heavy (non-hydrogen) atoms. The molecule has 0 bridgehead atoms. The van der Waals surface area contributed by atoms with E-state index in [0.717, 1.165) is 24.0 Å². The van der Waals surface area contributed by atoms with Crippen molar-refractivity contribution in [2.45, 2.75) is 84.4 Å². The molecule has 2 rings (SSSR count). The molecule has 3 N–H and O–H groups in total. The smallest absolute Gasteiger partial charge is 0.470 e. The van der Waals surface area contributed by atoms with Crippen molar-refractivity contribution in [3.05, 3.63) is 28.3 Å². The molecule has 1 heterocycles. The summed E-state index contributed by atoms with van der Waals surface area (Å²) in [7, 11) is -3.21. The van der Waals surface area contributed by atoms with Crippen LogP contribution in [0, 0.1) is 5.41 Å². The molecule has 0 saturated carbocycles. The van der Waals surface area contributed by atoms with Gasteiger partial charge in [-0.25, -0.2) is 4.57 Å². The van der Waals surface area contributed by atoms with Crippen molar-refractivity contribution >= 4 is 25.2 Å². The lowest BCUT2D eigenvalue weighted by Crippen LogP contribution is -2.49. The molecule has 194 valence electrons. The van der Waals surface area contributed by atoms with E-state index in [1.807, 2.05) is 12.1 Å². The maximum Gasteiger partial charge on any atom is 0.470 e. The Morgan fingerprint density at radius 1 is 1.21 bits per heavy atom. The van der Waals surface area contributed by atoms with Gasteiger partial charge in [-0.1, -0.05) is 46.2 Å². The van der Waals surface area contributed by atoms with Crippen molar-refractivity contribution in [3.8, 4) is 5.75 Å². The fraction of sp³-hybridized carbons (Fsp3) is 0.708. The number of rotatable bonds is 12. The number of nitrogens with one attached hydrogen (secondary N) is 1. The summed E-state index contributed by atoms with van der Waals surface area (Å²) in [4.78, 5) is 32.3. The second-order valence-corrected chi connectivity index (χ2v) is 11.5. The zero-order valence-corrected chi connectivity index (χ0v) is 22.7. The number of hydrogen-bond donors (Lipinski definition) is 3. The number of ketones is 1. The first-order valence-electron chi connectivity index (χ1n) is 11.8. The molecule has 1 aromatic carbocycles. The Labute approximate surface area is 207 Å². The zero-order chi connectivity index (χ0) is 25.7. The summed E-state index contributed by atoms with van der Waals surface area (Å²) in [5.74, 6) is 0.243. The van der Waals surface area contributed by atoms with Gasteiger partial charge in [-0.3, -0.25) is 9.32 Å². The predicted molar refractivity (Wildman–Crippen MR) is 132 cm³/mol. The van der Waals surface area contributed by atoms with E-state index in [4.69, 9.17) is 25.6 Å². The topological polar surface area (TPSA) is 114 Å². The van der Waals surface area contributed by atoms with Gasteiger partial charge in [-0.15, -0.1) is 0 Å². The van der Waals surface area contributed by atoms with Crippen LogP contribution in [-0.2, 0) is 25.0 Å². The van der Waals surface area contributed by atoms with Gasteiger partial charge in [0.1, 0.15) is 11.4 Å². The highest BCUT2D eigenvalue weighted by Crippen LogP contribution is 2.46. The molecule has 0 aromatic heterocycles. The lowest BCUT2D eigenvalue weighted by Gasteiger charge is -2.41. The number of halogens is 1. The summed E-state index contributed by atoms with van der Waals surface area (Å²) in [6, 6.07) is 3.47. The van der Waals surface area contributed by atoms with Crippen molar-refractivity contribution in [1.82, 2.24) is 5.32 Å². The number of carbonyl (C=O) groups is 1. The largest absolute Gasteiger partial charge is 0.492 e. The Kier molecular flexibility index (Phi) is 10.2. The van der Waals surface area contributed by atoms with Crippen LogP contribution in [0.15, 0.2) is 12.1 Å². The first-order chi connectivity index (χ1) is 15.8. The number of carbonyl (C=O) groups excluding carboxylic acids is 1. The van der Waals surface area contributed by atoms with Gasteiger partial charge >= 0.3 is 7.82 Å². The van der Waals surface area contributed by atoms with Crippen molar-refractivity contribution in [2.75, 3.05) is 20.3 Å². The molecule has 0 aliphatic carbocycles. The number of Topliss-reactive ketones (excluding diaryl/α,β-unsaturated/α-hetero) is 1. The van der Waals surface area contributed by atoms with E-state index in [-0.39, 0.29) is 42.5 Å². The average Bonchev–Trinajstić information content (AvgIpc) is 2.74. The number of hydrogen-bond acceptors (Lipinski definition) is 6. The fourth-order valence-corrected chi connectivity index (χ4v) is 5.41. The van der Waals surface area contributed by atoms with Gasteiger partial charge in [-0.05, 0) is 47.9 Å². The molecule has 0 spiro atoms. The molecule has 0 amide bonds. The molecule has 0 fully saturated rings. The first-order valence-corrected chi connectivity index (χ1v) is 13.7. The number of fused-ring (bicyclic) bond motifs is 1. The molecule has 1 aliphatic heterocycles. The van der Waals surface area contributed by atoms with Crippen LogP contribution in [0.5, 0.6) is 5.75 Å². The van der Waals surface area contributed by atoms with E-state index in [0.29, 0.717) is 24.0 Å². The maximum absolute atomic E-state index is 13.4. The molecule has 1 aliphatic rings. The van der Waals surface area contributed by atoms with Crippen LogP contribution in [0.3, 0.4) is 0 Å². The number of methoxy groups -OCH3 is 1. The Bertz CT molecular complexity index is 892. The number of phosphoric acid groups is 1. The average molecular weight is 520 g/mol. The van der Waals surface area contributed by atoms with Gasteiger partial charge < -0.3 is 24.6 Å². The van der Waals surface area contributed by atoms with Crippen LogP contribution < -0.4 is 10.1 Å². The molecule has 10 heteroatoms. The first kappa shape index (κ1) is 29.2. The number of benzene rings is 1. The van der Waals surface area contributed by atoms with E-state index in [1.54, 1.807) is 21.0 Å². The van der Waals surface area contributed by atoms with E-state index in [9.17, 15) is 19.1 Å². The summed E-state index contributed by atoms with van der Waals surface area (Å²) in [5.41, 5.74) is 0.286. The van der Waals surface area contributed by atoms with Crippen LogP contribution in [-0.4, -0.2) is 47.5 Å². The quantitative estimate of drug-likeness (QED) is 0.261. The van der Waals surface area contributed by atoms with E-state index < -0.39 is 13.4 Å². The van der Waals surface area contributed by atoms with Gasteiger partial charge in [0.15, 0.2) is 5.78 Å². The van der Waals surface area contributed by atoms with Crippen molar-refractivity contribution < 1.29 is 33.1 Å². The summed E-state index contributed by atoms with van der Waals surface area (Å²) in [6.07, 6.45) is 1.81. The SMILES string of the molecule is CCC(CC)(OP(=O)(O)O)C(=O)CC1NC(C(C)(C)C)Cc2cc(OCCCOC)c(Cl)cc21. The third kappa shape index (κ3) is 7.50. The number of phosphoric ester groups is 1. The maximum atomic E-state index is 13.4. The van der Waals surface area contributed by atoms with Crippen LogP contribution in [0.1, 0.15) is 77.5 Å². The number of ether oxygens (including phenoxy) is 2. The van der Waals surface area contributed by atoms with Crippen LogP contribution in [0.25, 0.3) is 0 Å². The minimum absolute atomic E-state index is 0.0195. The molecule has 1 aromatic rings. The van der Waals surface area contributed by atoms with Gasteiger partial charge in [0.05, 0.1) is 11.6 Å². The van der Waals surface area contributed by atoms with Gasteiger partial charge in [0.25, 0.3) is 0 Å². The van der Waals surface area contributed by atoms with Gasteiger partial charge in [0, 0.05) is 38.6 Å². The minimum Gasteiger partial charge on any atom is -0.492 e. The Morgan fingerprint density at radius 2 is 1.85 bits per heavy atom. The fourth-order valence-electron chi connectivity index (χ4n) is 4.37. The van der Waals surface area contributed by atoms with E-state index >= 15 is 0 Å². The van der Waals surface area contributed by atoms with Crippen molar-refractivity contribution in [3.63, 3.8) is 0 Å². The van der Waals surface area contributed by atoms with E-state index in [1.165, 1.54) is 0 Å². The van der Waals surface area contributed by atoms with Crippen LogP contribution >= 0.6 is 19.4 Å². The summed E-state index contributed by atoms with van der Waals surface area (Å²) < 4.78 is 27.6. The standard InChI is InChI=1S/C24H39ClNO7P/c1-7-24(8-2,33-34(28,29)30)22(27)15-19-17-14-18(25)20(32-11-9-10-31-6)12-16(17)13-21(26-19)23(3,4)5/h12,14,19,21,26H,7-11,13,15H2,1-6H3,(H2,28,29,30). The Hall–Kier alpha value is -0.990. The highest BCUT2D eigenvalue weighted by Gasteiger charge is 2.44. The molecular formula is C24H39ClNO7P. The second-order valence-electron chi connectivity index (χ2n) is 9.93. The molecule has 0 radical (unpaired) electrons. The summed E-state index contributed by atoms with van der Waals surface area (Å²) in [6.45, 7) is 10.9. The molecule has 0 saturated heterocycles.